The molecule has 0 aromatic heterocycles. The number of aryl methyl sites for hydroxylation is 1. The number of carbonyl (C=O) groups excluding carboxylic acids is 2. The molecule has 26 heavy (non-hydrogen) atoms. The zero-order valence-electron chi connectivity index (χ0n) is 15.2. The first-order chi connectivity index (χ1) is 12.5. The van der Waals surface area contributed by atoms with Crippen molar-refractivity contribution >= 4 is 18.0 Å². The predicted molar refractivity (Wildman–Crippen MR) is 101 cm³/mol. The summed E-state index contributed by atoms with van der Waals surface area (Å²) < 4.78 is 4.92. The molecule has 1 heterocycles. The van der Waals surface area contributed by atoms with Gasteiger partial charge in [-0.25, -0.2) is 4.79 Å². The molecule has 0 aliphatic carbocycles. The van der Waals surface area contributed by atoms with Crippen LogP contribution in [0.25, 0.3) is 6.08 Å². The SMILES string of the molecule is COC(=O)C1=C(C)N(Cc2ccc(C)cc2)C(=O)/C1=C\c1ccccc1. The van der Waals surface area contributed by atoms with Crippen LogP contribution in [0.5, 0.6) is 0 Å². The Balaban J connectivity index is 2.00. The molecule has 0 spiro atoms. The van der Waals surface area contributed by atoms with Gasteiger partial charge in [-0.05, 0) is 31.1 Å². The Labute approximate surface area is 153 Å². The number of carbonyl (C=O) groups is 2. The lowest BCUT2D eigenvalue weighted by Gasteiger charge is -2.18. The summed E-state index contributed by atoms with van der Waals surface area (Å²) in [6.07, 6.45) is 1.74. The third kappa shape index (κ3) is 3.45. The second-order valence-electron chi connectivity index (χ2n) is 6.30. The minimum atomic E-state index is -0.496. The highest BCUT2D eigenvalue weighted by Gasteiger charge is 2.36. The molecule has 1 aliphatic heterocycles. The quantitative estimate of drug-likeness (QED) is 0.623. The average Bonchev–Trinajstić information content (AvgIpc) is 2.88. The predicted octanol–water partition coefficient (Wildman–Crippen LogP) is 3.87. The molecule has 4 heteroatoms. The van der Waals surface area contributed by atoms with Gasteiger partial charge in [0, 0.05) is 5.70 Å². The zero-order chi connectivity index (χ0) is 18.7. The fourth-order valence-electron chi connectivity index (χ4n) is 3.01. The van der Waals surface area contributed by atoms with E-state index in [0.717, 1.165) is 16.7 Å². The van der Waals surface area contributed by atoms with Crippen LogP contribution in [0.2, 0.25) is 0 Å². The van der Waals surface area contributed by atoms with Crippen LogP contribution in [0.3, 0.4) is 0 Å². The highest BCUT2D eigenvalue weighted by molar-refractivity contribution is 6.16. The number of nitrogens with zero attached hydrogens (tertiary/aromatic N) is 1. The zero-order valence-corrected chi connectivity index (χ0v) is 15.2. The van der Waals surface area contributed by atoms with Gasteiger partial charge in [-0.3, -0.25) is 4.79 Å². The largest absolute Gasteiger partial charge is 0.465 e. The van der Waals surface area contributed by atoms with Crippen molar-refractivity contribution in [2.45, 2.75) is 20.4 Å². The summed E-state index contributed by atoms with van der Waals surface area (Å²) in [5, 5.41) is 0. The van der Waals surface area contributed by atoms with Gasteiger partial charge in [0.1, 0.15) is 0 Å². The normalized spacial score (nSPS) is 15.7. The Morgan fingerprint density at radius 3 is 2.31 bits per heavy atom. The number of amides is 1. The second kappa shape index (κ2) is 7.40. The Hall–Kier alpha value is -3.14. The van der Waals surface area contributed by atoms with Crippen LogP contribution in [0.4, 0.5) is 0 Å². The van der Waals surface area contributed by atoms with Gasteiger partial charge in [0.05, 0.1) is 24.8 Å². The Kier molecular flexibility index (Phi) is 5.03. The number of rotatable bonds is 4. The fraction of sp³-hybridized carbons (Fsp3) is 0.182. The number of benzene rings is 2. The van der Waals surface area contributed by atoms with E-state index in [-0.39, 0.29) is 5.91 Å². The van der Waals surface area contributed by atoms with E-state index >= 15 is 0 Å². The van der Waals surface area contributed by atoms with Crippen molar-refractivity contribution in [3.8, 4) is 0 Å². The number of allylic oxidation sites excluding steroid dienone is 1. The van der Waals surface area contributed by atoms with Gasteiger partial charge in [-0.15, -0.1) is 0 Å². The maximum atomic E-state index is 13.0. The van der Waals surface area contributed by atoms with Crippen molar-refractivity contribution in [3.05, 3.63) is 88.1 Å². The van der Waals surface area contributed by atoms with Crippen molar-refractivity contribution in [3.63, 3.8) is 0 Å². The van der Waals surface area contributed by atoms with Gasteiger partial charge in [-0.2, -0.15) is 0 Å². The minimum absolute atomic E-state index is 0.188. The molecule has 0 bridgehead atoms. The summed E-state index contributed by atoms with van der Waals surface area (Å²) in [5.74, 6) is -0.684. The first kappa shape index (κ1) is 17.7. The van der Waals surface area contributed by atoms with Crippen molar-refractivity contribution in [2.24, 2.45) is 0 Å². The molecule has 0 unspecified atom stereocenters. The Morgan fingerprint density at radius 2 is 1.69 bits per heavy atom. The fourth-order valence-corrected chi connectivity index (χ4v) is 3.01. The first-order valence-corrected chi connectivity index (χ1v) is 8.45. The van der Waals surface area contributed by atoms with E-state index in [1.54, 1.807) is 17.9 Å². The van der Waals surface area contributed by atoms with Crippen LogP contribution in [0.15, 0.2) is 71.4 Å². The number of methoxy groups -OCH3 is 1. The van der Waals surface area contributed by atoms with Crippen molar-refractivity contribution < 1.29 is 14.3 Å². The number of hydrogen-bond acceptors (Lipinski definition) is 3. The molecule has 0 radical (unpaired) electrons. The molecule has 132 valence electrons. The summed E-state index contributed by atoms with van der Waals surface area (Å²) in [4.78, 5) is 27.0. The van der Waals surface area contributed by atoms with Crippen molar-refractivity contribution in [1.29, 1.82) is 0 Å². The molecule has 0 saturated carbocycles. The standard InChI is InChI=1S/C22H21NO3/c1-15-9-11-18(12-10-15)14-23-16(2)20(22(25)26-3)19(21(23)24)13-17-7-5-4-6-8-17/h4-13H,14H2,1-3H3/b19-13-. The monoisotopic (exact) mass is 347 g/mol. The van der Waals surface area contributed by atoms with Crippen LogP contribution >= 0.6 is 0 Å². The lowest BCUT2D eigenvalue weighted by Crippen LogP contribution is -2.24. The van der Waals surface area contributed by atoms with Crippen LogP contribution in [-0.2, 0) is 20.9 Å². The molecule has 2 aromatic rings. The molecule has 1 amide bonds. The molecule has 0 atom stereocenters. The highest BCUT2D eigenvalue weighted by atomic mass is 16.5. The van der Waals surface area contributed by atoms with Crippen molar-refractivity contribution in [2.75, 3.05) is 7.11 Å². The summed E-state index contributed by atoms with van der Waals surface area (Å²) in [6.45, 7) is 4.22. The van der Waals surface area contributed by atoms with Gasteiger partial charge in [0.25, 0.3) is 5.91 Å². The van der Waals surface area contributed by atoms with Crippen LogP contribution in [-0.4, -0.2) is 23.9 Å². The molecular formula is C22H21NO3. The van der Waals surface area contributed by atoms with E-state index in [4.69, 9.17) is 4.74 Å². The summed E-state index contributed by atoms with van der Waals surface area (Å²) in [5.41, 5.74) is 4.34. The van der Waals surface area contributed by atoms with E-state index in [0.29, 0.717) is 23.4 Å². The summed E-state index contributed by atoms with van der Waals surface area (Å²) >= 11 is 0. The van der Waals surface area contributed by atoms with Gasteiger partial charge in [0.2, 0.25) is 0 Å². The molecule has 0 N–H and O–H groups in total. The third-order valence-corrected chi connectivity index (χ3v) is 4.47. The smallest absolute Gasteiger partial charge is 0.340 e. The minimum Gasteiger partial charge on any atom is -0.465 e. The van der Waals surface area contributed by atoms with Crippen LogP contribution in [0, 0.1) is 6.92 Å². The molecular weight excluding hydrogens is 326 g/mol. The van der Waals surface area contributed by atoms with Crippen molar-refractivity contribution in [1.82, 2.24) is 4.90 Å². The van der Waals surface area contributed by atoms with Gasteiger partial charge >= 0.3 is 5.97 Å². The van der Waals surface area contributed by atoms with Gasteiger partial charge in [-0.1, -0.05) is 60.2 Å². The molecule has 0 fully saturated rings. The molecule has 3 rings (SSSR count). The van der Waals surface area contributed by atoms with Crippen LogP contribution in [0.1, 0.15) is 23.6 Å². The van der Waals surface area contributed by atoms with E-state index in [1.807, 2.05) is 61.5 Å². The molecule has 2 aromatic carbocycles. The summed E-state index contributed by atoms with van der Waals surface area (Å²) in [7, 11) is 1.33. The van der Waals surface area contributed by atoms with Gasteiger partial charge in [0.15, 0.2) is 0 Å². The van der Waals surface area contributed by atoms with Gasteiger partial charge < -0.3 is 9.64 Å². The number of hydrogen-bond donors (Lipinski definition) is 0. The van der Waals surface area contributed by atoms with E-state index in [9.17, 15) is 9.59 Å². The maximum absolute atomic E-state index is 13.0. The van der Waals surface area contributed by atoms with E-state index < -0.39 is 5.97 Å². The topological polar surface area (TPSA) is 46.6 Å². The highest BCUT2D eigenvalue weighted by Crippen LogP contribution is 2.32. The molecule has 1 aliphatic rings. The Morgan fingerprint density at radius 1 is 1.04 bits per heavy atom. The third-order valence-electron chi connectivity index (χ3n) is 4.47. The van der Waals surface area contributed by atoms with E-state index in [1.165, 1.54) is 7.11 Å². The van der Waals surface area contributed by atoms with E-state index in [2.05, 4.69) is 0 Å². The second-order valence-corrected chi connectivity index (χ2v) is 6.30. The molecule has 4 nitrogen and oxygen atoms in total. The van der Waals surface area contributed by atoms with Crippen LogP contribution < -0.4 is 0 Å². The number of esters is 1. The average molecular weight is 347 g/mol. The lowest BCUT2D eigenvalue weighted by molar-refractivity contribution is -0.136. The first-order valence-electron chi connectivity index (χ1n) is 8.45. The lowest BCUT2D eigenvalue weighted by atomic mass is 10.0. The maximum Gasteiger partial charge on any atom is 0.340 e. The molecule has 0 saturated heterocycles. The summed E-state index contributed by atoms with van der Waals surface area (Å²) in [6, 6.07) is 17.5. The Bertz CT molecular complexity index is 893. The number of ether oxygens (including phenoxy) is 1.